The zero-order chi connectivity index (χ0) is 20.1. The molecule has 0 radical (unpaired) electrons. The minimum absolute atomic E-state index is 0.199. The number of alkyl halides is 3. The highest BCUT2D eigenvalue weighted by Gasteiger charge is 2.31. The van der Waals surface area contributed by atoms with E-state index >= 15 is 0 Å². The smallest absolute Gasteiger partial charge is 0.416 e. The Hall–Kier alpha value is -2.90. The van der Waals surface area contributed by atoms with Gasteiger partial charge in [-0.2, -0.15) is 13.2 Å². The molecule has 3 rings (SSSR count). The van der Waals surface area contributed by atoms with Crippen LogP contribution < -0.4 is 15.0 Å². The number of amides is 2. The number of carbonyl (C=O) groups is 1. The summed E-state index contributed by atoms with van der Waals surface area (Å²) in [4.78, 5) is 15.9. The van der Waals surface area contributed by atoms with Crippen LogP contribution in [0.2, 0.25) is 0 Å². The summed E-state index contributed by atoms with van der Waals surface area (Å²) in [6.45, 7) is 2.17. The predicted molar refractivity (Wildman–Crippen MR) is 100 cm³/mol. The highest BCUT2D eigenvalue weighted by molar-refractivity contribution is 5.74. The van der Waals surface area contributed by atoms with Crippen LogP contribution in [0.4, 0.5) is 23.7 Å². The number of nitrogens with zero attached hydrogens (tertiary/aromatic N) is 2. The third-order valence-electron chi connectivity index (χ3n) is 4.73. The minimum atomic E-state index is -4.36. The molecule has 1 aliphatic rings. The van der Waals surface area contributed by atoms with Crippen LogP contribution in [0.25, 0.3) is 0 Å². The van der Waals surface area contributed by atoms with Crippen LogP contribution >= 0.6 is 0 Å². The number of anilines is 1. The van der Waals surface area contributed by atoms with Gasteiger partial charge in [-0.3, -0.25) is 0 Å². The largest absolute Gasteiger partial charge is 0.496 e. The Kier molecular flexibility index (Phi) is 5.96. The number of methoxy groups -OCH3 is 1. The van der Waals surface area contributed by atoms with E-state index < -0.39 is 11.7 Å². The summed E-state index contributed by atoms with van der Waals surface area (Å²) in [5.74, 6) is 0.706. The number of ether oxygens (including phenoxy) is 1. The fourth-order valence-corrected chi connectivity index (χ4v) is 3.18. The predicted octanol–water partition coefficient (Wildman–Crippen LogP) is 3.75. The summed E-state index contributed by atoms with van der Waals surface area (Å²) in [7, 11) is 1.58. The lowest BCUT2D eigenvalue weighted by Gasteiger charge is -2.36. The molecule has 1 N–H and O–H groups in total. The van der Waals surface area contributed by atoms with Crippen molar-refractivity contribution in [1.82, 2.24) is 10.2 Å². The summed E-state index contributed by atoms with van der Waals surface area (Å²) >= 11 is 0. The first-order chi connectivity index (χ1) is 13.4. The summed E-state index contributed by atoms with van der Waals surface area (Å²) in [6.07, 6.45) is -4.36. The van der Waals surface area contributed by atoms with Crippen LogP contribution in [-0.2, 0) is 12.7 Å². The van der Waals surface area contributed by atoms with E-state index in [4.69, 9.17) is 4.74 Å². The molecule has 1 fully saturated rings. The molecule has 150 valence electrons. The molecule has 2 aromatic rings. The molecule has 2 amide bonds. The van der Waals surface area contributed by atoms with E-state index in [1.807, 2.05) is 29.2 Å². The second-order valence-corrected chi connectivity index (χ2v) is 6.49. The minimum Gasteiger partial charge on any atom is -0.496 e. The Morgan fingerprint density at radius 3 is 2.46 bits per heavy atom. The number of halogens is 3. The topological polar surface area (TPSA) is 44.8 Å². The molecule has 1 saturated heterocycles. The number of hydrogen-bond acceptors (Lipinski definition) is 3. The van der Waals surface area contributed by atoms with Gasteiger partial charge in [0.25, 0.3) is 0 Å². The van der Waals surface area contributed by atoms with Crippen molar-refractivity contribution in [1.29, 1.82) is 0 Å². The summed E-state index contributed by atoms with van der Waals surface area (Å²) in [5.41, 5.74) is 0.729. The number of urea groups is 1. The first-order valence-electron chi connectivity index (χ1n) is 8.95. The maximum Gasteiger partial charge on any atom is 0.416 e. The van der Waals surface area contributed by atoms with Crippen LogP contribution in [0, 0.1) is 0 Å². The number of hydrogen-bond donors (Lipinski definition) is 1. The molecule has 0 bridgehead atoms. The van der Waals surface area contributed by atoms with Crippen molar-refractivity contribution in [3.63, 3.8) is 0 Å². The lowest BCUT2D eigenvalue weighted by atomic mass is 10.1. The van der Waals surface area contributed by atoms with Crippen molar-refractivity contribution in [2.75, 3.05) is 38.2 Å². The molecule has 1 heterocycles. The number of nitrogens with one attached hydrogen (secondary N) is 1. The normalized spacial score (nSPS) is 14.7. The van der Waals surface area contributed by atoms with Gasteiger partial charge in [0, 0.05) is 44.0 Å². The van der Waals surface area contributed by atoms with Gasteiger partial charge in [0.15, 0.2) is 0 Å². The Labute approximate surface area is 161 Å². The molecular formula is C20H22F3N3O2. The average Bonchev–Trinajstić information content (AvgIpc) is 2.72. The van der Waals surface area contributed by atoms with E-state index in [-0.39, 0.29) is 6.03 Å². The molecule has 8 heteroatoms. The fraction of sp³-hybridized carbons (Fsp3) is 0.350. The number of piperazine rings is 1. The monoisotopic (exact) mass is 393 g/mol. The third kappa shape index (κ3) is 4.68. The van der Waals surface area contributed by atoms with Crippen molar-refractivity contribution in [3.8, 4) is 5.75 Å². The molecule has 5 nitrogen and oxygen atoms in total. The van der Waals surface area contributed by atoms with Crippen molar-refractivity contribution >= 4 is 11.7 Å². The Balaban J connectivity index is 1.54. The molecule has 0 atom stereocenters. The quantitative estimate of drug-likeness (QED) is 0.861. The van der Waals surface area contributed by atoms with Gasteiger partial charge in [-0.1, -0.05) is 24.3 Å². The molecule has 0 aliphatic carbocycles. The van der Waals surface area contributed by atoms with Gasteiger partial charge in [-0.15, -0.1) is 0 Å². The third-order valence-corrected chi connectivity index (χ3v) is 4.73. The van der Waals surface area contributed by atoms with E-state index in [1.54, 1.807) is 18.1 Å². The summed E-state index contributed by atoms with van der Waals surface area (Å²) < 4.78 is 43.9. The summed E-state index contributed by atoms with van der Waals surface area (Å²) in [6, 6.07) is 12.5. The SMILES string of the molecule is COc1ccccc1CNC(=O)N1CCN(c2cccc(C(F)(F)F)c2)CC1. The van der Waals surface area contributed by atoms with E-state index in [9.17, 15) is 18.0 Å². The standard InChI is InChI=1S/C20H22F3N3O2/c1-28-18-8-3-2-5-15(18)14-24-19(27)26-11-9-25(10-12-26)17-7-4-6-16(13-17)20(21,22)23/h2-8,13H,9-12,14H2,1H3,(H,24,27). The maximum absolute atomic E-state index is 12.9. The van der Waals surface area contributed by atoms with Crippen molar-refractivity contribution in [2.45, 2.75) is 12.7 Å². The Morgan fingerprint density at radius 2 is 1.79 bits per heavy atom. The highest BCUT2D eigenvalue weighted by Crippen LogP contribution is 2.31. The van der Waals surface area contributed by atoms with Gasteiger partial charge in [0.1, 0.15) is 5.75 Å². The van der Waals surface area contributed by atoms with E-state index in [2.05, 4.69) is 5.32 Å². The van der Waals surface area contributed by atoms with Crippen molar-refractivity contribution in [2.24, 2.45) is 0 Å². The van der Waals surface area contributed by atoms with Crippen LogP contribution in [0.15, 0.2) is 48.5 Å². The van der Waals surface area contributed by atoms with Crippen LogP contribution in [0.1, 0.15) is 11.1 Å². The molecule has 0 saturated carbocycles. The van der Waals surface area contributed by atoms with Crippen LogP contribution in [-0.4, -0.2) is 44.2 Å². The van der Waals surface area contributed by atoms with E-state index in [1.165, 1.54) is 6.07 Å². The Morgan fingerprint density at radius 1 is 1.07 bits per heavy atom. The lowest BCUT2D eigenvalue weighted by Crippen LogP contribution is -2.51. The molecule has 0 aromatic heterocycles. The van der Waals surface area contributed by atoms with Gasteiger partial charge in [-0.05, 0) is 24.3 Å². The molecule has 28 heavy (non-hydrogen) atoms. The number of benzene rings is 2. The number of para-hydroxylation sites is 1. The average molecular weight is 393 g/mol. The molecule has 0 spiro atoms. The second-order valence-electron chi connectivity index (χ2n) is 6.49. The van der Waals surface area contributed by atoms with Gasteiger partial charge >= 0.3 is 12.2 Å². The van der Waals surface area contributed by atoms with E-state index in [0.717, 1.165) is 17.7 Å². The zero-order valence-electron chi connectivity index (χ0n) is 15.5. The molecule has 1 aliphatic heterocycles. The summed E-state index contributed by atoms with van der Waals surface area (Å²) in [5, 5.41) is 2.87. The number of carbonyl (C=O) groups excluding carboxylic acids is 1. The first-order valence-corrected chi connectivity index (χ1v) is 8.95. The molecular weight excluding hydrogens is 371 g/mol. The van der Waals surface area contributed by atoms with Crippen molar-refractivity contribution in [3.05, 3.63) is 59.7 Å². The second kappa shape index (κ2) is 8.41. The highest BCUT2D eigenvalue weighted by atomic mass is 19.4. The van der Waals surface area contributed by atoms with Gasteiger partial charge in [0.05, 0.1) is 12.7 Å². The van der Waals surface area contributed by atoms with Crippen LogP contribution in [0.5, 0.6) is 5.75 Å². The first kappa shape index (κ1) is 19.9. The fourth-order valence-electron chi connectivity index (χ4n) is 3.18. The van der Waals surface area contributed by atoms with E-state index in [0.29, 0.717) is 44.2 Å². The van der Waals surface area contributed by atoms with Crippen LogP contribution in [0.3, 0.4) is 0 Å². The van der Waals surface area contributed by atoms with Crippen molar-refractivity contribution < 1.29 is 22.7 Å². The lowest BCUT2D eigenvalue weighted by molar-refractivity contribution is -0.137. The Bertz CT molecular complexity index is 818. The number of rotatable bonds is 4. The maximum atomic E-state index is 12.9. The molecule has 2 aromatic carbocycles. The van der Waals surface area contributed by atoms with Gasteiger partial charge < -0.3 is 19.9 Å². The zero-order valence-corrected chi connectivity index (χ0v) is 15.5. The van der Waals surface area contributed by atoms with Gasteiger partial charge in [-0.25, -0.2) is 4.79 Å². The molecule has 0 unspecified atom stereocenters. The van der Waals surface area contributed by atoms with Gasteiger partial charge in [0.2, 0.25) is 0 Å².